The van der Waals surface area contributed by atoms with E-state index in [9.17, 15) is 14.9 Å². The molecule has 0 saturated heterocycles. The SMILES string of the molecule is CC1=C(C#N)C(=O)N(CCCO)C(=O)C1=Cc1ccc(-c2cc(Cl)cc(Cl)c2)o1. The van der Waals surface area contributed by atoms with Crippen LogP contribution in [0.2, 0.25) is 10.0 Å². The first-order valence-corrected chi connectivity index (χ1v) is 9.47. The number of furan rings is 1. The number of nitrogens with zero attached hydrogens (tertiary/aromatic N) is 2. The summed E-state index contributed by atoms with van der Waals surface area (Å²) in [5, 5.41) is 19.3. The molecule has 0 radical (unpaired) electrons. The molecule has 0 aliphatic carbocycles. The molecule has 148 valence electrons. The van der Waals surface area contributed by atoms with Gasteiger partial charge in [0.2, 0.25) is 0 Å². The molecule has 0 atom stereocenters. The number of carbonyl (C=O) groups excluding carboxylic acids is 2. The van der Waals surface area contributed by atoms with Gasteiger partial charge in [-0.25, -0.2) is 0 Å². The van der Waals surface area contributed by atoms with E-state index in [2.05, 4.69) is 0 Å². The number of benzene rings is 1. The van der Waals surface area contributed by atoms with Gasteiger partial charge in [0.15, 0.2) is 0 Å². The van der Waals surface area contributed by atoms with E-state index in [1.165, 1.54) is 6.08 Å². The number of hydrogen-bond acceptors (Lipinski definition) is 5. The maximum atomic E-state index is 12.8. The molecule has 0 spiro atoms. The highest BCUT2D eigenvalue weighted by Gasteiger charge is 2.35. The van der Waals surface area contributed by atoms with Crippen molar-refractivity contribution >= 4 is 41.1 Å². The van der Waals surface area contributed by atoms with Crippen LogP contribution in [0.25, 0.3) is 17.4 Å². The van der Waals surface area contributed by atoms with Crippen molar-refractivity contribution in [3.63, 3.8) is 0 Å². The summed E-state index contributed by atoms with van der Waals surface area (Å²) >= 11 is 12.1. The number of imide groups is 1. The molecule has 1 aliphatic rings. The zero-order chi connectivity index (χ0) is 21.1. The van der Waals surface area contributed by atoms with Gasteiger partial charge in [-0.05, 0) is 55.3 Å². The highest BCUT2D eigenvalue weighted by Crippen LogP contribution is 2.31. The Morgan fingerprint density at radius 3 is 2.48 bits per heavy atom. The second-order valence-electron chi connectivity index (χ2n) is 6.37. The minimum atomic E-state index is -0.658. The fourth-order valence-electron chi connectivity index (χ4n) is 2.99. The Balaban J connectivity index is 2.01. The van der Waals surface area contributed by atoms with Crippen LogP contribution in [0.4, 0.5) is 0 Å². The lowest BCUT2D eigenvalue weighted by Crippen LogP contribution is -2.43. The van der Waals surface area contributed by atoms with E-state index >= 15 is 0 Å². The fourth-order valence-corrected chi connectivity index (χ4v) is 3.51. The topological polar surface area (TPSA) is 94.5 Å². The molecule has 0 unspecified atom stereocenters. The standard InChI is InChI=1S/C21H16Cl2N2O4/c1-12-17(20(27)25(5-2-6-26)21(28)18(12)11-24)10-16-3-4-19(29-16)13-7-14(22)9-15(23)8-13/h3-4,7-10,26H,2,5-6H2,1H3. The molecule has 0 bridgehead atoms. The molecule has 29 heavy (non-hydrogen) atoms. The van der Waals surface area contributed by atoms with E-state index in [0.29, 0.717) is 27.1 Å². The minimum Gasteiger partial charge on any atom is -0.457 e. The van der Waals surface area contributed by atoms with Crippen LogP contribution >= 0.6 is 23.2 Å². The monoisotopic (exact) mass is 430 g/mol. The highest BCUT2D eigenvalue weighted by molar-refractivity contribution is 6.35. The summed E-state index contributed by atoms with van der Waals surface area (Å²) in [6.07, 6.45) is 1.71. The van der Waals surface area contributed by atoms with Crippen LogP contribution in [0.3, 0.4) is 0 Å². The lowest BCUT2D eigenvalue weighted by Gasteiger charge is -2.27. The lowest BCUT2D eigenvalue weighted by molar-refractivity contribution is -0.140. The molecule has 1 aliphatic heterocycles. The predicted molar refractivity (Wildman–Crippen MR) is 109 cm³/mol. The Morgan fingerprint density at radius 1 is 1.17 bits per heavy atom. The van der Waals surface area contributed by atoms with Gasteiger partial charge < -0.3 is 9.52 Å². The van der Waals surface area contributed by atoms with Crippen molar-refractivity contribution in [3.05, 3.63) is 62.9 Å². The molecule has 3 rings (SSSR count). The van der Waals surface area contributed by atoms with Crippen molar-refractivity contribution in [1.82, 2.24) is 4.90 Å². The minimum absolute atomic E-state index is 0.0222. The van der Waals surface area contributed by atoms with Gasteiger partial charge in [0.05, 0.1) is 0 Å². The normalized spacial score (nSPS) is 16.0. The largest absolute Gasteiger partial charge is 0.457 e. The van der Waals surface area contributed by atoms with E-state index < -0.39 is 11.8 Å². The van der Waals surface area contributed by atoms with Crippen LogP contribution in [0.5, 0.6) is 0 Å². The molecule has 1 aromatic carbocycles. The number of rotatable bonds is 5. The van der Waals surface area contributed by atoms with E-state index in [-0.39, 0.29) is 36.3 Å². The smallest absolute Gasteiger partial charge is 0.271 e. The average Bonchev–Trinajstić information content (AvgIpc) is 3.14. The maximum absolute atomic E-state index is 12.8. The van der Waals surface area contributed by atoms with Crippen molar-refractivity contribution in [2.45, 2.75) is 13.3 Å². The Labute approximate surface area is 177 Å². The highest BCUT2D eigenvalue weighted by atomic mass is 35.5. The third kappa shape index (κ3) is 4.28. The summed E-state index contributed by atoms with van der Waals surface area (Å²) < 4.78 is 5.80. The first kappa shape index (κ1) is 20.9. The number of amides is 2. The molecule has 2 heterocycles. The Kier molecular flexibility index (Phi) is 6.23. The molecule has 2 amide bonds. The number of carbonyl (C=O) groups is 2. The van der Waals surface area contributed by atoms with Gasteiger partial charge in [0.1, 0.15) is 23.2 Å². The third-order valence-electron chi connectivity index (χ3n) is 4.43. The first-order chi connectivity index (χ1) is 13.8. The number of aliphatic hydroxyl groups is 1. The van der Waals surface area contributed by atoms with Crippen LogP contribution in [0.15, 0.2) is 51.5 Å². The summed E-state index contributed by atoms with van der Waals surface area (Å²) in [5.41, 5.74) is 1.03. The van der Waals surface area contributed by atoms with Crippen molar-refractivity contribution in [1.29, 1.82) is 5.26 Å². The number of hydrogen-bond donors (Lipinski definition) is 1. The summed E-state index contributed by atoms with van der Waals surface area (Å²) in [5.74, 6) is -0.328. The molecule has 0 saturated carbocycles. The second kappa shape index (κ2) is 8.66. The maximum Gasteiger partial charge on any atom is 0.271 e. The van der Waals surface area contributed by atoms with Crippen molar-refractivity contribution in [2.75, 3.05) is 13.2 Å². The van der Waals surface area contributed by atoms with Gasteiger partial charge in [-0.15, -0.1) is 0 Å². The Bertz CT molecular complexity index is 1070. The Morgan fingerprint density at radius 2 is 1.86 bits per heavy atom. The van der Waals surface area contributed by atoms with E-state index in [0.717, 1.165) is 4.90 Å². The lowest BCUT2D eigenvalue weighted by atomic mass is 9.94. The molecule has 1 aromatic heterocycles. The Hall–Kier alpha value is -2.85. The summed E-state index contributed by atoms with van der Waals surface area (Å²) in [6.45, 7) is 1.39. The van der Waals surface area contributed by atoms with E-state index in [1.807, 2.05) is 6.07 Å². The number of aliphatic hydroxyl groups excluding tert-OH is 1. The third-order valence-corrected chi connectivity index (χ3v) is 4.86. The van der Waals surface area contributed by atoms with Crippen molar-refractivity contribution in [2.24, 2.45) is 0 Å². The quantitative estimate of drug-likeness (QED) is 0.565. The average molecular weight is 431 g/mol. The molecule has 6 nitrogen and oxygen atoms in total. The molecule has 8 heteroatoms. The van der Waals surface area contributed by atoms with Crippen LogP contribution in [-0.2, 0) is 9.59 Å². The van der Waals surface area contributed by atoms with Gasteiger partial charge in [-0.2, -0.15) is 5.26 Å². The summed E-state index contributed by atoms with van der Waals surface area (Å²) in [6, 6.07) is 10.2. The van der Waals surface area contributed by atoms with Crippen molar-refractivity contribution < 1.29 is 19.1 Å². The first-order valence-electron chi connectivity index (χ1n) is 8.72. The zero-order valence-electron chi connectivity index (χ0n) is 15.4. The molecular weight excluding hydrogens is 415 g/mol. The van der Waals surface area contributed by atoms with Gasteiger partial charge in [0, 0.05) is 34.3 Å². The molecular formula is C21H16Cl2N2O4. The molecule has 2 aromatic rings. The van der Waals surface area contributed by atoms with Crippen LogP contribution in [-0.4, -0.2) is 35.0 Å². The van der Waals surface area contributed by atoms with Gasteiger partial charge in [0.25, 0.3) is 11.8 Å². The van der Waals surface area contributed by atoms with Crippen molar-refractivity contribution in [3.8, 4) is 17.4 Å². The predicted octanol–water partition coefficient (Wildman–Crippen LogP) is 4.23. The summed E-state index contributed by atoms with van der Waals surface area (Å²) in [4.78, 5) is 26.2. The fraction of sp³-hybridized carbons (Fsp3) is 0.190. The van der Waals surface area contributed by atoms with E-state index in [4.69, 9.17) is 32.7 Å². The van der Waals surface area contributed by atoms with Gasteiger partial charge in [-0.3, -0.25) is 14.5 Å². The van der Waals surface area contributed by atoms with Crippen LogP contribution in [0, 0.1) is 11.3 Å². The van der Waals surface area contributed by atoms with Gasteiger partial charge >= 0.3 is 0 Å². The molecule has 0 fully saturated rings. The summed E-state index contributed by atoms with van der Waals surface area (Å²) in [7, 11) is 0. The van der Waals surface area contributed by atoms with Gasteiger partial charge in [-0.1, -0.05) is 23.2 Å². The van der Waals surface area contributed by atoms with E-state index in [1.54, 1.807) is 37.3 Å². The zero-order valence-corrected chi connectivity index (χ0v) is 16.9. The number of nitriles is 1. The second-order valence-corrected chi connectivity index (χ2v) is 7.24. The van der Waals surface area contributed by atoms with Crippen LogP contribution in [0.1, 0.15) is 19.1 Å². The molecule has 1 N–H and O–H groups in total. The van der Waals surface area contributed by atoms with Crippen LogP contribution < -0.4 is 0 Å². The number of halogens is 2.